The Balaban J connectivity index is 2.18. The number of para-hydroxylation sites is 1. The second kappa shape index (κ2) is 3.00. The minimum Gasteiger partial charge on any atom is -0.368 e. The Morgan fingerprint density at radius 3 is 3.13 bits per heavy atom. The van der Waals surface area contributed by atoms with Crippen LogP contribution in [0.5, 0.6) is 0 Å². The van der Waals surface area contributed by atoms with Crippen molar-refractivity contribution in [2.75, 3.05) is 11.9 Å². The molecule has 1 amide bonds. The molecular formula is C11H9ClN2O. The number of halogens is 1. The third-order valence-corrected chi connectivity index (χ3v) is 3.10. The summed E-state index contributed by atoms with van der Waals surface area (Å²) in [6.45, 7) is 0.596. The van der Waals surface area contributed by atoms with Gasteiger partial charge in [-0.1, -0.05) is 29.8 Å². The van der Waals surface area contributed by atoms with Crippen LogP contribution in [0.2, 0.25) is 5.02 Å². The van der Waals surface area contributed by atoms with Crippen molar-refractivity contribution in [3.8, 4) is 0 Å². The van der Waals surface area contributed by atoms with Crippen LogP contribution in [-0.2, 0) is 4.79 Å². The summed E-state index contributed by atoms with van der Waals surface area (Å²) in [7, 11) is 0. The highest BCUT2D eigenvalue weighted by Crippen LogP contribution is 2.40. The van der Waals surface area contributed by atoms with Gasteiger partial charge in [0.25, 0.3) is 0 Å². The highest BCUT2D eigenvalue weighted by Gasteiger charge is 2.34. The number of benzene rings is 1. The Morgan fingerprint density at radius 1 is 1.40 bits per heavy atom. The molecule has 0 aromatic heterocycles. The van der Waals surface area contributed by atoms with Crippen LogP contribution in [0.25, 0.3) is 5.57 Å². The summed E-state index contributed by atoms with van der Waals surface area (Å²) in [5, 5.41) is 6.59. The van der Waals surface area contributed by atoms with Crippen molar-refractivity contribution >= 4 is 28.8 Å². The maximum Gasteiger partial charge on any atom is 0.247 e. The molecule has 0 saturated heterocycles. The molecule has 2 heterocycles. The van der Waals surface area contributed by atoms with Crippen LogP contribution in [0.1, 0.15) is 5.56 Å². The topological polar surface area (TPSA) is 41.1 Å². The van der Waals surface area contributed by atoms with E-state index in [-0.39, 0.29) is 11.9 Å². The van der Waals surface area contributed by atoms with E-state index in [4.69, 9.17) is 11.6 Å². The molecule has 4 heteroatoms. The van der Waals surface area contributed by atoms with Crippen molar-refractivity contribution < 1.29 is 4.79 Å². The first-order valence-electron chi connectivity index (χ1n) is 4.80. The van der Waals surface area contributed by atoms with Crippen LogP contribution in [0.3, 0.4) is 0 Å². The SMILES string of the molecule is O=C1NCC=C2c3cccc(Cl)c3NC12. The highest BCUT2D eigenvalue weighted by atomic mass is 35.5. The maximum absolute atomic E-state index is 11.6. The summed E-state index contributed by atoms with van der Waals surface area (Å²) in [5.74, 6) is 0.0137. The Kier molecular flexibility index (Phi) is 1.76. The van der Waals surface area contributed by atoms with Crippen molar-refractivity contribution in [1.29, 1.82) is 0 Å². The van der Waals surface area contributed by atoms with E-state index in [0.717, 1.165) is 16.8 Å². The molecule has 1 aromatic rings. The summed E-state index contributed by atoms with van der Waals surface area (Å²) in [5.41, 5.74) is 2.95. The molecule has 2 N–H and O–H groups in total. The van der Waals surface area contributed by atoms with Gasteiger partial charge in [0.05, 0.1) is 10.7 Å². The molecule has 0 saturated carbocycles. The van der Waals surface area contributed by atoms with E-state index in [2.05, 4.69) is 10.6 Å². The van der Waals surface area contributed by atoms with Crippen LogP contribution in [-0.4, -0.2) is 18.5 Å². The Labute approximate surface area is 92.1 Å². The molecule has 0 fully saturated rings. The van der Waals surface area contributed by atoms with E-state index >= 15 is 0 Å². The number of carbonyl (C=O) groups is 1. The third-order valence-electron chi connectivity index (χ3n) is 2.78. The first-order valence-corrected chi connectivity index (χ1v) is 5.18. The van der Waals surface area contributed by atoms with Gasteiger partial charge in [-0.25, -0.2) is 0 Å². The first-order chi connectivity index (χ1) is 7.27. The molecule has 1 unspecified atom stereocenters. The van der Waals surface area contributed by atoms with Crippen LogP contribution in [0, 0.1) is 0 Å². The van der Waals surface area contributed by atoms with E-state index in [1.54, 1.807) is 0 Å². The number of amides is 1. The molecule has 0 bridgehead atoms. The second-order valence-corrected chi connectivity index (χ2v) is 4.05. The van der Waals surface area contributed by atoms with Gasteiger partial charge in [0.15, 0.2) is 0 Å². The summed E-state index contributed by atoms with van der Waals surface area (Å²) >= 11 is 6.06. The molecule has 2 aliphatic heterocycles. The van der Waals surface area contributed by atoms with Crippen LogP contribution < -0.4 is 10.6 Å². The zero-order valence-electron chi connectivity index (χ0n) is 7.88. The number of hydrogen-bond donors (Lipinski definition) is 2. The van der Waals surface area contributed by atoms with Gasteiger partial charge in [-0.2, -0.15) is 0 Å². The third kappa shape index (κ3) is 1.16. The van der Waals surface area contributed by atoms with Gasteiger partial charge < -0.3 is 10.6 Å². The minimum absolute atomic E-state index is 0.0137. The zero-order valence-corrected chi connectivity index (χ0v) is 8.64. The fourth-order valence-corrected chi connectivity index (χ4v) is 2.32. The molecule has 1 aromatic carbocycles. The van der Waals surface area contributed by atoms with Crippen molar-refractivity contribution in [1.82, 2.24) is 5.32 Å². The van der Waals surface area contributed by atoms with Gasteiger partial charge in [-0.05, 0) is 11.6 Å². The molecule has 0 aliphatic carbocycles. The van der Waals surface area contributed by atoms with Gasteiger partial charge in [-0.3, -0.25) is 4.79 Å². The van der Waals surface area contributed by atoms with Crippen molar-refractivity contribution in [2.24, 2.45) is 0 Å². The van der Waals surface area contributed by atoms with E-state index in [1.165, 1.54) is 0 Å². The summed E-state index contributed by atoms with van der Waals surface area (Å²) in [6, 6.07) is 5.44. The molecule has 15 heavy (non-hydrogen) atoms. The number of nitrogens with one attached hydrogen (secondary N) is 2. The maximum atomic E-state index is 11.6. The quantitative estimate of drug-likeness (QED) is 0.698. The lowest BCUT2D eigenvalue weighted by atomic mass is 9.99. The van der Waals surface area contributed by atoms with Crippen molar-refractivity contribution in [3.63, 3.8) is 0 Å². The number of carbonyl (C=O) groups excluding carboxylic acids is 1. The fourth-order valence-electron chi connectivity index (χ4n) is 2.09. The van der Waals surface area contributed by atoms with Crippen molar-refractivity contribution in [2.45, 2.75) is 6.04 Å². The molecule has 1 atom stereocenters. The first kappa shape index (κ1) is 8.80. The van der Waals surface area contributed by atoms with Crippen LogP contribution in [0.4, 0.5) is 5.69 Å². The Bertz CT molecular complexity index is 481. The van der Waals surface area contributed by atoms with Gasteiger partial charge >= 0.3 is 0 Å². The van der Waals surface area contributed by atoms with Gasteiger partial charge in [0.1, 0.15) is 6.04 Å². The predicted octanol–water partition coefficient (Wildman–Crippen LogP) is 1.65. The Hall–Kier alpha value is -1.48. The van der Waals surface area contributed by atoms with E-state index in [9.17, 15) is 4.79 Å². The number of anilines is 1. The smallest absolute Gasteiger partial charge is 0.247 e. The molecule has 76 valence electrons. The zero-order chi connectivity index (χ0) is 10.4. The summed E-state index contributed by atoms with van der Waals surface area (Å²) < 4.78 is 0. The van der Waals surface area contributed by atoms with Crippen LogP contribution >= 0.6 is 11.6 Å². The average Bonchev–Trinajstić information content (AvgIpc) is 2.60. The minimum atomic E-state index is -0.270. The highest BCUT2D eigenvalue weighted by molar-refractivity contribution is 6.34. The average molecular weight is 221 g/mol. The van der Waals surface area contributed by atoms with E-state index in [0.29, 0.717) is 11.6 Å². The second-order valence-electron chi connectivity index (χ2n) is 3.64. The summed E-state index contributed by atoms with van der Waals surface area (Å²) in [4.78, 5) is 11.6. The number of hydrogen-bond acceptors (Lipinski definition) is 2. The van der Waals surface area contributed by atoms with Crippen molar-refractivity contribution in [3.05, 3.63) is 34.9 Å². The van der Waals surface area contributed by atoms with E-state index in [1.807, 2.05) is 24.3 Å². The monoisotopic (exact) mass is 220 g/mol. The lowest BCUT2D eigenvalue weighted by Crippen LogP contribution is -2.41. The fraction of sp³-hybridized carbons (Fsp3) is 0.182. The standard InChI is InChI=1S/C11H9ClN2O/c12-8-3-1-2-6-7-4-5-13-11(15)10(7)14-9(6)8/h1-4,10,14H,5H2,(H,13,15). The predicted molar refractivity (Wildman–Crippen MR) is 59.8 cm³/mol. The lowest BCUT2D eigenvalue weighted by molar-refractivity contribution is -0.120. The molecular weight excluding hydrogens is 212 g/mol. The molecule has 3 nitrogen and oxygen atoms in total. The molecule has 0 radical (unpaired) electrons. The molecule has 3 rings (SSSR count). The van der Waals surface area contributed by atoms with Gasteiger partial charge in [-0.15, -0.1) is 0 Å². The Morgan fingerprint density at radius 2 is 2.27 bits per heavy atom. The summed E-state index contributed by atoms with van der Waals surface area (Å²) in [6.07, 6.45) is 2.03. The molecule has 2 aliphatic rings. The van der Waals surface area contributed by atoms with E-state index < -0.39 is 0 Å². The largest absolute Gasteiger partial charge is 0.368 e. The van der Waals surface area contributed by atoms with Crippen LogP contribution in [0.15, 0.2) is 24.3 Å². The van der Waals surface area contributed by atoms with Gasteiger partial charge in [0.2, 0.25) is 5.91 Å². The number of fused-ring (bicyclic) bond motifs is 3. The van der Waals surface area contributed by atoms with Gasteiger partial charge in [0, 0.05) is 12.1 Å². The normalized spacial score (nSPS) is 22.3. The lowest BCUT2D eigenvalue weighted by Gasteiger charge is -2.17. The molecule has 0 spiro atoms. The number of rotatable bonds is 0.